The molecule has 0 N–H and O–H groups in total. The van der Waals surface area contributed by atoms with Crippen molar-refractivity contribution < 1.29 is 19.1 Å². The molecule has 0 amide bonds. The molecule has 4 nitrogen and oxygen atoms in total. The second-order valence-corrected chi connectivity index (χ2v) is 20.6. The van der Waals surface area contributed by atoms with Crippen molar-refractivity contribution in [1.82, 2.24) is 0 Å². The highest BCUT2D eigenvalue weighted by Gasteiger charge is 2.62. The smallest absolute Gasteiger partial charge is 0.333 e. The summed E-state index contributed by atoms with van der Waals surface area (Å²) in [5.41, 5.74) is 6.32. The molecule has 4 heterocycles. The van der Waals surface area contributed by atoms with Crippen LogP contribution < -0.4 is 0 Å². The van der Waals surface area contributed by atoms with Crippen LogP contribution in [0.5, 0.6) is 0 Å². The first-order valence-corrected chi connectivity index (χ1v) is 24.0. The molecule has 12 heteroatoms. The summed E-state index contributed by atoms with van der Waals surface area (Å²) in [4.78, 5) is 37.2. The number of ether oxygens (including phenoxy) is 2. The van der Waals surface area contributed by atoms with Crippen molar-refractivity contribution in [1.29, 1.82) is 0 Å². The topological polar surface area (TPSA) is 52.6 Å². The van der Waals surface area contributed by atoms with E-state index in [0.29, 0.717) is 30.6 Å². The summed E-state index contributed by atoms with van der Waals surface area (Å²) in [6, 6.07) is 39.1. The zero-order valence-electron chi connectivity index (χ0n) is 31.5. The number of carbonyl (C=O) groups excluding carboxylic acids is 2. The van der Waals surface area contributed by atoms with Crippen molar-refractivity contribution in [3.63, 3.8) is 0 Å². The standard InChI is InChI=1S/C49H26O4S8/c50-47(52-23-25-11-3-1-4-12-25)49(48(51)53-24-26-13-5-2-6-14-26)37-43-35(21-27(58-43)19-33-39(54)29-15-7-8-16-30(29)40(33)55)60-45(37)46-38(49)44-36(61-46)22-28(59-44)20-34-41(56)31-17-9-10-18-32(31)42(34)57/h1-22H,23-24H2. The quantitative estimate of drug-likeness (QED) is 0.0646. The Balaban J connectivity index is 1.09. The maximum atomic E-state index is 15.4. The molecule has 3 aliphatic rings. The van der Waals surface area contributed by atoms with Crippen LogP contribution in [0, 0.1) is 0 Å². The molecule has 61 heavy (non-hydrogen) atoms. The number of carbonyl (C=O) groups is 2. The number of thiophene rings is 4. The van der Waals surface area contributed by atoms with E-state index in [-0.39, 0.29) is 13.2 Å². The Morgan fingerprint density at radius 1 is 0.492 bits per heavy atom. The van der Waals surface area contributed by atoms with Gasteiger partial charge in [-0.3, -0.25) is 9.59 Å². The zero-order valence-corrected chi connectivity index (χ0v) is 38.0. The Kier molecular flexibility index (Phi) is 9.63. The van der Waals surface area contributed by atoms with Gasteiger partial charge in [0.2, 0.25) is 5.41 Å². The molecule has 0 spiro atoms. The summed E-state index contributed by atoms with van der Waals surface area (Å²) in [6.07, 6.45) is 4.07. The molecule has 0 saturated heterocycles. The molecule has 3 aliphatic carbocycles. The zero-order chi connectivity index (χ0) is 41.6. The highest BCUT2D eigenvalue weighted by molar-refractivity contribution is 7.84. The maximum Gasteiger partial charge on any atom is 0.333 e. The van der Waals surface area contributed by atoms with Crippen molar-refractivity contribution in [2.45, 2.75) is 18.6 Å². The van der Waals surface area contributed by atoms with Gasteiger partial charge in [-0.2, -0.15) is 0 Å². The fourth-order valence-corrected chi connectivity index (χ4v) is 15.4. The summed E-state index contributed by atoms with van der Waals surface area (Å²) in [5, 5.41) is 0. The highest BCUT2D eigenvalue weighted by Crippen LogP contribution is 2.63. The number of hydrogen-bond donors (Lipinski definition) is 0. The van der Waals surface area contributed by atoms with E-state index < -0.39 is 17.4 Å². The van der Waals surface area contributed by atoms with Crippen LogP contribution in [0.1, 0.15) is 54.3 Å². The molecule has 0 bridgehead atoms. The summed E-state index contributed by atoms with van der Waals surface area (Å²) in [7, 11) is 0. The van der Waals surface area contributed by atoms with Gasteiger partial charge in [0.1, 0.15) is 13.2 Å². The Labute approximate surface area is 387 Å². The molecule has 0 saturated carbocycles. The van der Waals surface area contributed by atoms with Gasteiger partial charge in [0.05, 0.1) is 38.6 Å². The van der Waals surface area contributed by atoms with Gasteiger partial charge < -0.3 is 9.47 Å². The predicted octanol–water partition coefficient (Wildman–Crippen LogP) is 13.1. The molecule has 4 aromatic heterocycles. The van der Waals surface area contributed by atoms with E-state index in [1.165, 1.54) is 22.7 Å². The first kappa shape index (κ1) is 38.9. The fraction of sp³-hybridized carbons (Fsp3) is 0.0612. The van der Waals surface area contributed by atoms with Crippen LogP contribution in [0.25, 0.3) is 40.7 Å². The molecule has 0 aliphatic heterocycles. The SMILES string of the molecule is O=C(OCc1ccccc1)C1(C(=O)OCc2ccccc2)c2c(sc3cc(C=C4C(=S)c5ccccc5C4=S)sc23)-c2sc3cc(C=C4C(=S)c5ccccc5C4=S)sc3c21. The monoisotopic (exact) mass is 934 g/mol. The Bertz CT molecular complexity index is 3020. The number of hydrogen-bond acceptors (Lipinski definition) is 12. The molecule has 0 fully saturated rings. The molecule has 11 rings (SSSR count). The summed E-state index contributed by atoms with van der Waals surface area (Å²) >= 11 is 29.9. The van der Waals surface area contributed by atoms with Crippen molar-refractivity contribution >= 4 is 157 Å². The third kappa shape index (κ3) is 6.11. The fourth-order valence-electron chi connectivity index (χ4n) is 8.33. The highest BCUT2D eigenvalue weighted by atomic mass is 32.1. The molecule has 8 aromatic rings. The van der Waals surface area contributed by atoms with Gasteiger partial charge in [0, 0.05) is 63.7 Å². The van der Waals surface area contributed by atoms with Gasteiger partial charge in [-0.25, -0.2) is 0 Å². The number of esters is 2. The average Bonchev–Trinajstić information content (AvgIpc) is 4.14. The van der Waals surface area contributed by atoms with Gasteiger partial charge in [0.25, 0.3) is 0 Å². The Morgan fingerprint density at radius 2 is 0.836 bits per heavy atom. The van der Waals surface area contributed by atoms with E-state index in [1.54, 1.807) is 22.7 Å². The lowest BCUT2D eigenvalue weighted by Crippen LogP contribution is -2.45. The predicted molar refractivity (Wildman–Crippen MR) is 267 cm³/mol. The summed E-state index contributed by atoms with van der Waals surface area (Å²) in [5.74, 6) is -1.37. The van der Waals surface area contributed by atoms with E-state index in [4.69, 9.17) is 58.3 Å². The van der Waals surface area contributed by atoms with Crippen molar-refractivity contribution in [2.24, 2.45) is 0 Å². The summed E-state index contributed by atoms with van der Waals surface area (Å²) < 4.78 is 16.1. The van der Waals surface area contributed by atoms with Gasteiger partial charge in [-0.05, 0) is 35.4 Å². The lowest BCUT2D eigenvalue weighted by atomic mass is 9.79. The molecule has 0 unspecified atom stereocenters. The van der Waals surface area contributed by atoms with Crippen LogP contribution >= 0.6 is 94.2 Å². The first-order valence-electron chi connectivity index (χ1n) is 19.1. The molecule has 0 atom stereocenters. The third-order valence-electron chi connectivity index (χ3n) is 11.1. The summed E-state index contributed by atoms with van der Waals surface area (Å²) in [6.45, 7) is -0.0415. The van der Waals surface area contributed by atoms with Crippen molar-refractivity contribution in [2.75, 3.05) is 0 Å². The third-order valence-corrected chi connectivity index (χ3v) is 17.8. The normalized spacial score (nSPS) is 14.7. The van der Waals surface area contributed by atoms with E-state index in [2.05, 4.69) is 12.1 Å². The van der Waals surface area contributed by atoms with Gasteiger partial charge in [-0.1, -0.05) is 158 Å². The largest absolute Gasteiger partial charge is 0.459 e. The van der Waals surface area contributed by atoms with Gasteiger partial charge >= 0.3 is 11.9 Å². The van der Waals surface area contributed by atoms with Crippen LogP contribution in [0.4, 0.5) is 0 Å². The van der Waals surface area contributed by atoms with Gasteiger partial charge in [0.15, 0.2) is 0 Å². The molecular weight excluding hydrogens is 909 g/mol. The minimum absolute atomic E-state index is 0.0207. The second kappa shape index (κ2) is 15.1. The van der Waals surface area contributed by atoms with Crippen molar-refractivity contribution in [3.8, 4) is 9.75 Å². The number of fused-ring (bicyclic) bond motifs is 9. The molecule has 0 radical (unpaired) electrons. The van der Waals surface area contributed by atoms with E-state index in [0.717, 1.165) is 82.8 Å². The van der Waals surface area contributed by atoms with Crippen LogP contribution in [0.3, 0.4) is 0 Å². The van der Waals surface area contributed by atoms with E-state index in [9.17, 15) is 0 Å². The molecular formula is C49H26O4S8. The van der Waals surface area contributed by atoms with E-state index >= 15 is 9.59 Å². The van der Waals surface area contributed by atoms with Gasteiger partial charge in [-0.15, -0.1) is 45.3 Å². The number of benzene rings is 4. The second-order valence-electron chi connectivity index (χ2n) is 14.7. The van der Waals surface area contributed by atoms with Crippen molar-refractivity contribution in [3.05, 3.63) is 187 Å². The molecule has 4 aromatic carbocycles. The van der Waals surface area contributed by atoms with E-state index in [1.807, 2.05) is 121 Å². The first-order chi connectivity index (χ1) is 29.7. The van der Waals surface area contributed by atoms with Crippen LogP contribution in [-0.4, -0.2) is 31.4 Å². The minimum Gasteiger partial charge on any atom is -0.459 e. The number of rotatable bonds is 8. The number of allylic oxidation sites excluding steroid dienone is 2. The lowest BCUT2D eigenvalue weighted by Gasteiger charge is -2.27. The Hall–Kier alpha value is -5.02. The maximum absolute atomic E-state index is 15.4. The Morgan fingerprint density at radius 3 is 1.20 bits per heavy atom. The van der Waals surface area contributed by atoms with Crippen LogP contribution in [0.15, 0.2) is 132 Å². The van der Waals surface area contributed by atoms with Crippen LogP contribution in [-0.2, 0) is 37.7 Å². The average molecular weight is 935 g/mol. The molecule has 294 valence electrons. The minimum atomic E-state index is -1.93. The number of thiocarbonyl (C=S) groups is 4. The van der Waals surface area contributed by atoms with Crippen LogP contribution in [0.2, 0.25) is 0 Å². The lowest BCUT2D eigenvalue weighted by molar-refractivity contribution is -0.164.